The Morgan fingerprint density at radius 3 is 1.25 bits per heavy atom. The SMILES string of the molecule is c1ccc(-c2ccc(-n3c4ccc5ccccc5c4c4c5ccc(-c6ccc(-c7nc(-c8ccc(-c9nc%10ccccc%10o9)cc8)nc(-c8ccc(-c9nc%10ccccc%10o9)cc8)n7)cc6)cc5ccc43)cc2)cc1. The van der Waals surface area contributed by atoms with Gasteiger partial charge >= 0.3 is 0 Å². The quantitative estimate of drug-likeness (QED) is 0.150. The minimum absolute atomic E-state index is 0.547. The van der Waals surface area contributed by atoms with Gasteiger partial charge in [0.1, 0.15) is 11.0 Å². The van der Waals surface area contributed by atoms with Gasteiger partial charge in [-0.25, -0.2) is 24.9 Å². The Balaban J connectivity index is 0.797. The van der Waals surface area contributed by atoms with E-state index in [1.54, 1.807) is 0 Å². The van der Waals surface area contributed by atoms with Gasteiger partial charge in [0.25, 0.3) is 0 Å². The second kappa shape index (κ2) is 17.2. The van der Waals surface area contributed by atoms with E-state index in [2.05, 4.69) is 150 Å². The Bertz CT molecular complexity index is 4470. The van der Waals surface area contributed by atoms with Gasteiger partial charge in [0.05, 0.1) is 11.0 Å². The van der Waals surface area contributed by atoms with Gasteiger partial charge in [-0.15, -0.1) is 0 Å². The Labute approximate surface area is 429 Å². The highest BCUT2D eigenvalue weighted by atomic mass is 16.4. The maximum atomic E-state index is 6.09. The molecule has 350 valence electrons. The zero-order valence-electron chi connectivity index (χ0n) is 40.1. The molecule has 0 fully saturated rings. The van der Waals surface area contributed by atoms with E-state index < -0.39 is 0 Å². The van der Waals surface area contributed by atoms with E-state index in [1.165, 1.54) is 54.5 Å². The van der Waals surface area contributed by atoms with Crippen LogP contribution in [0.25, 0.3) is 151 Å². The third-order valence-electron chi connectivity index (χ3n) is 14.3. The smallest absolute Gasteiger partial charge is 0.227 e. The van der Waals surface area contributed by atoms with E-state index >= 15 is 0 Å². The Kier molecular flexibility index (Phi) is 9.71. The summed E-state index contributed by atoms with van der Waals surface area (Å²) in [7, 11) is 0. The van der Waals surface area contributed by atoms with Crippen molar-refractivity contribution in [3.8, 4) is 85.0 Å². The van der Waals surface area contributed by atoms with Crippen LogP contribution in [0.5, 0.6) is 0 Å². The van der Waals surface area contributed by atoms with Crippen molar-refractivity contribution in [1.82, 2.24) is 29.5 Å². The normalized spacial score (nSPS) is 11.7. The summed E-state index contributed by atoms with van der Waals surface area (Å²) in [6, 6.07) is 84.2. The Hall–Kier alpha value is -10.3. The van der Waals surface area contributed by atoms with E-state index in [-0.39, 0.29) is 0 Å². The van der Waals surface area contributed by atoms with Crippen molar-refractivity contribution in [1.29, 1.82) is 0 Å². The fourth-order valence-corrected chi connectivity index (χ4v) is 10.6. The predicted octanol–water partition coefficient (Wildman–Crippen LogP) is 17.2. The minimum atomic E-state index is 0.547. The van der Waals surface area contributed by atoms with Gasteiger partial charge in [-0.05, 0) is 123 Å². The molecule has 4 aromatic heterocycles. The molecule has 75 heavy (non-hydrogen) atoms. The van der Waals surface area contributed by atoms with Crippen molar-refractivity contribution in [3.05, 3.63) is 243 Å². The average molecular weight is 961 g/mol. The maximum Gasteiger partial charge on any atom is 0.227 e. The fraction of sp³-hybridized carbons (Fsp3) is 0. The molecular formula is C67H40N6O2. The highest BCUT2D eigenvalue weighted by molar-refractivity contribution is 6.28. The molecule has 11 aromatic carbocycles. The van der Waals surface area contributed by atoms with Gasteiger partial charge in [0.15, 0.2) is 28.6 Å². The maximum absolute atomic E-state index is 6.09. The van der Waals surface area contributed by atoms with Gasteiger partial charge in [-0.1, -0.05) is 164 Å². The van der Waals surface area contributed by atoms with Crippen LogP contribution in [0.2, 0.25) is 0 Å². The first-order valence-electron chi connectivity index (χ1n) is 25.0. The number of nitrogens with zero attached hydrogens (tertiary/aromatic N) is 6. The molecular weight excluding hydrogens is 921 g/mol. The molecule has 0 aliphatic carbocycles. The molecule has 0 amide bonds. The molecule has 0 spiro atoms. The number of oxazole rings is 2. The van der Waals surface area contributed by atoms with Crippen molar-refractivity contribution in [2.75, 3.05) is 0 Å². The fourth-order valence-electron chi connectivity index (χ4n) is 10.6. The first kappa shape index (κ1) is 42.4. The number of rotatable bonds is 8. The van der Waals surface area contributed by atoms with Crippen molar-refractivity contribution in [2.24, 2.45) is 0 Å². The van der Waals surface area contributed by atoms with Gasteiger partial charge in [0.2, 0.25) is 11.8 Å². The molecule has 0 aliphatic rings. The van der Waals surface area contributed by atoms with Gasteiger partial charge in [-0.3, -0.25) is 0 Å². The molecule has 8 heteroatoms. The minimum Gasteiger partial charge on any atom is -0.436 e. The average Bonchev–Trinajstić information content (AvgIpc) is 4.23. The molecule has 0 aliphatic heterocycles. The van der Waals surface area contributed by atoms with Crippen LogP contribution >= 0.6 is 0 Å². The van der Waals surface area contributed by atoms with Crippen LogP contribution in [0.1, 0.15) is 0 Å². The molecule has 0 saturated carbocycles. The van der Waals surface area contributed by atoms with E-state index in [9.17, 15) is 0 Å². The lowest BCUT2D eigenvalue weighted by Gasteiger charge is -2.11. The van der Waals surface area contributed by atoms with E-state index in [0.29, 0.717) is 29.3 Å². The Morgan fingerprint density at radius 2 is 0.693 bits per heavy atom. The van der Waals surface area contributed by atoms with Crippen LogP contribution < -0.4 is 0 Å². The number of fused-ring (bicyclic) bond motifs is 9. The molecule has 15 rings (SSSR count). The predicted molar refractivity (Wildman–Crippen MR) is 302 cm³/mol. The number of hydrogen-bond acceptors (Lipinski definition) is 7. The van der Waals surface area contributed by atoms with Crippen LogP contribution in [0, 0.1) is 0 Å². The summed E-state index contributed by atoms with van der Waals surface area (Å²) in [4.78, 5) is 24.7. The molecule has 4 heterocycles. The molecule has 0 bridgehead atoms. The zero-order chi connectivity index (χ0) is 49.4. The lowest BCUT2D eigenvalue weighted by Crippen LogP contribution is -2.00. The van der Waals surface area contributed by atoms with Gasteiger partial charge in [-0.2, -0.15) is 0 Å². The molecule has 0 unspecified atom stereocenters. The summed E-state index contributed by atoms with van der Waals surface area (Å²) in [6.45, 7) is 0. The third-order valence-corrected chi connectivity index (χ3v) is 14.3. The van der Waals surface area contributed by atoms with E-state index in [4.69, 9.17) is 33.8 Å². The van der Waals surface area contributed by atoms with Crippen molar-refractivity contribution in [3.63, 3.8) is 0 Å². The molecule has 0 saturated heterocycles. The zero-order valence-corrected chi connectivity index (χ0v) is 40.1. The summed E-state index contributed by atoms with van der Waals surface area (Å²) in [5.41, 5.74) is 15.5. The molecule has 15 aromatic rings. The molecule has 8 nitrogen and oxygen atoms in total. The summed E-state index contributed by atoms with van der Waals surface area (Å²) < 4.78 is 14.6. The standard InChI is InChI=1S/C67H40N6O2/c1-2-10-41(11-3-1)42-30-35-52(36-31-42)73-57-38-33-44-12-4-5-13-53(44)61(57)62-54-37-32-50(40-51(54)34-39-58(62)73)43-18-20-45(21-19-43)63-70-64(46-22-26-48(27-23-46)66-68-55-14-6-8-16-59(55)74-66)72-65(71-63)47-24-28-49(29-25-47)67-69-56-15-7-9-17-60(56)75-67/h1-40H. The number of benzene rings is 11. The summed E-state index contributed by atoms with van der Waals surface area (Å²) in [5.74, 6) is 2.77. The lowest BCUT2D eigenvalue weighted by atomic mass is 9.96. The number of hydrogen-bond donors (Lipinski definition) is 0. The number of aromatic nitrogens is 6. The van der Waals surface area contributed by atoms with Crippen molar-refractivity contribution >= 4 is 65.6 Å². The first-order chi connectivity index (χ1) is 37.1. The van der Waals surface area contributed by atoms with Crippen LogP contribution in [0.15, 0.2) is 251 Å². The van der Waals surface area contributed by atoms with Crippen LogP contribution in [-0.4, -0.2) is 29.5 Å². The van der Waals surface area contributed by atoms with Crippen LogP contribution in [0.4, 0.5) is 0 Å². The summed E-state index contributed by atoms with van der Waals surface area (Å²) >= 11 is 0. The van der Waals surface area contributed by atoms with Crippen LogP contribution in [0.3, 0.4) is 0 Å². The largest absolute Gasteiger partial charge is 0.436 e. The monoisotopic (exact) mass is 960 g/mol. The summed E-state index contributed by atoms with van der Waals surface area (Å²) in [5, 5.41) is 7.35. The number of para-hydroxylation sites is 4. The third kappa shape index (κ3) is 7.34. The molecule has 0 N–H and O–H groups in total. The molecule has 0 atom stereocenters. The van der Waals surface area contributed by atoms with E-state index in [0.717, 1.165) is 66.8 Å². The molecule has 0 radical (unpaired) electrons. The van der Waals surface area contributed by atoms with Crippen LogP contribution in [-0.2, 0) is 0 Å². The topological polar surface area (TPSA) is 95.7 Å². The Morgan fingerprint density at radius 1 is 0.280 bits per heavy atom. The van der Waals surface area contributed by atoms with Gasteiger partial charge in [0, 0.05) is 44.3 Å². The second-order valence-electron chi connectivity index (χ2n) is 18.8. The van der Waals surface area contributed by atoms with Gasteiger partial charge < -0.3 is 13.4 Å². The second-order valence-corrected chi connectivity index (χ2v) is 18.8. The van der Waals surface area contributed by atoms with Crippen molar-refractivity contribution in [2.45, 2.75) is 0 Å². The first-order valence-corrected chi connectivity index (χ1v) is 25.0. The van der Waals surface area contributed by atoms with E-state index in [1.807, 2.05) is 97.1 Å². The van der Waals surface area contributed by atoms with Crippen molar-refractivity contribution < 1.29 is 8.83 Å². The summed E-state index contributed by atoms with van der Waals surface area (Å²) in [6.07, 6.45) is 0. The highest BCUT2D eigenvalue weighted by Gasteiger charge is 2.19. The lowest BCUT2D eigenvalue weighted by molar-refractivity contribution is 0.619. The highest BCUT2D eigenvalue weighted by Crippen LogP contribution is 2.42.